The van der Waals surface area contributed by atoms with Crippen molar-refractivity contribution in [2.24, 2.45) is 0 Å². The second-order valence-electron chi connectivity index (χ2n) is 6.47. The van der Waals surface area contributed by atoms with Crippen LogP contribution in [0, 0.1) is 0 Å². The molecule has 1 N–H and O–H groups in total. The Morgan fingerprint density at radius 1 is 0.966 bits per heavy atom. The number of aryl methyl sites for hydroxylation is 1. The third kappa shape index (κ3) is 4.99. The Morgan fingerprint density at radius 3 is 2.21 bits per heavy atom. The lowest BCUT2D eigenvalue weighted by Gasteiger charge is -2.13. The number of benzene rings is 2. The first-order chi connectivity index (χ1) is 14.0. The van der Waals surface area contributed by atoms with Gasteiger partial charge in [-0.1, -0.05) is 31.2 Å². The van der Waals surface area contributed by atoms with Crippen LogP contribution in [0.3, 0.4) is 0 Å². The van der Waals surface area contributed by atoms with Crippen LogP contribution in [0.4, 0.5) is 5.69 Å². The third-order valence-corrected chi connectivity index (χ3v) is 4.42. The molecular formula is C23H21NO5. The normalized spacial score (nSPS) is 11.5. The lowest BCUT2D eigenvalue weighted by molar-refractivity contribution is 0.0319. The molecule has 0 bridgehead atoms. The number of anilines is 1. The number of nitrogens with one attached hydrogen (secondary N) is 1. The van der Waals surface area contributed by atoms with E-state index in [2.05, 4.69) is 5.32 Å². The molecular weight excluding hydrogens is 370 g/mol. The minimum Gasteiger partial charge on any atom is -0.459 e. The highest BCUT2D eigenvalue weighted by Gasteiger charge is 2.20. The van der Waals surface area contributed by atoms with Gasteiger partial charge in [-0.3, -0.25) is 9.59 Å². The van der Waals surface area contributed by atoms with Gasteiger partial charge in [0, 0.05) is 11.3 Å². The molecule has 0 fully saturated rings. The maximum absolute atomic E-state index is 12.5. The Kier molecular flexibility index (Phi) is 6.24. The SMILES string of the molecule is CCc1ccc(C(=O)[C@@H](C)OC(=O)c2ccc(NC(=O)c3ccco3)cc2)cc1. The Labute approximate surface area is 168 Å². The standard InChI is InChI=1S/C23H21NO5/c1-3-16-6-8-17(9-7-16)21(25)15(2)29-23(27)18-10-12-19(13-11-18)24-22(26)20-5-4-14-28-20/h4-15H,3H2,1-2H3,(H,24,26)/t15-/m1/s1. The summed E-state index contributed by atoms with van der Waals surface area (Å²) in [4.78, 5) is 36.8. The molecule has 0 spiro atoms. The topological polar surface area (TPSA) is 85.6 Å². The van der Waals surface area contributed by atoms with Crippen molar-refractivity contribution in [2.75, 3.05) is 5.32 Å². The van der Waals surface area contributed by atoms with Crippen molar-refractivity contribution in [2.45, 2.75) is 26.4 Å². The van der Waals surface area contributed by atoms with Crippen molar-refractivity contribution in [3.63, 3.8) is 0 Å². The van der Waals surface area contributed by atoms with E-state index in [1.165, 1.54) is 18.4 Å². The number of carbonyl (C=O) groups is 3. The molecule has 3 rings (SSSR count). The molecule has 148 valence electrons. The fourth-order valence-corrected chi connectivity index (χ4v) is 2.71. The summed E-state index contributed by atoms with van der Waals surface area (Å²) < 4.78 is 10.3. The van der Waals surface area contributed by atoms with Gasteiger partial charge in [0.25, 0.3) is 5.91 Å². The van der Waals surface area contributed by atoms with Crippen LogP contribution in [0.15, 0.2) is 71.3 Å². The first-order valence-corrected chi connectivity index (χ1v) is 9.27. The fourth-order valence-electron chi connectivity index (χ4n) is 2.71. The maximum Gasteiger partial charge on any atom is 0.338 e. The van der Waals surface area contributed by atoms with Crippen LogP contribution in [0.1, 0.15) is 50.7 Å². The van der Waals surface area contributed by atoms with Gasteiger partial charge in [-0.05, 0) is 55.3 Å². The third-order valence-electron chi connectivity index (χ3n) is 4.42. The molecule has 1 aromatic heterocycles. The lowest BCUT2D eigenvalue weighted by Crippen LogP contribution is -2.24. The monoisotopic (exact) mass is 391 g/mol. The second kappa shape index (κ2) is 9.01. The largest absolute Gasteiger partial charge is 0.459 e. The van der Waals surface area contributed by atoms with E-state index >= 15 is 0 Å². The van der Waals surface area contributed by atoms with Gasteiger partial charge in [0.2, 0.25) is 5.78 Å². The highest BCUT2D eigenvalue weighted by atomic mass is 16.5. The zero-order valence-corrected chi connectivity index (χ0v) is 16.2. The molecule has 1 heterocycles. The predicted molar refractivity (Wildman–Crippen MR) is 108 cm³/mol. The van der Waals surface area contributed by atoms with E-state index in [-0.39, 0.29) is 17.1 Å². The Morgan fingerprint density at radius 2 is 1.62 bits per heavy atom. The molecule has 0 saturated heterocycles. The van der Waals surface area contributed by atoms with E-state index in [9.17, 15) is 14.4 Å². The van der Waals surface area contributed by atoms with Crippen LogP contribution >= 0.6 is 0 Å². The van der Waals surface area contributed by atoms with Crippen LogP contribution in [-0.2, 0) is 11.2 Å². The molecule has 1 atom stereocenters. The molecule has 0 radical (unpaired) electrons. The number of carbonyl (C=O) groups excluding carboxylic acids is 3. The lowest BCUT2D eigenvalue weighted by atomic mass is 10.0. The van der Waals surface area contributed by atoms with E-state index in [4.69, 9.17) is 9.15 Å². The summed E-state index contributed by atoms with van der Waals surface area (Å²) >= 11 is 0. The quantitative estimate of drug-likeness (QED) is 0.473. The number of hydrogen-bond donors (Lipinski definition) is 1. The second-order valence-corrected chi connectivity index (χ2v) is 6.47. The zero-order chi connectivity index (χ0) is 20.8. The number of hydrogen-bond acceptors (Lipinski definition) is 5. The Hall–Kier alpha value is -3.67. The van der Waals surface area contributed by atoms with Gasteiger partial charge in [0.15, 0.2) is 11.9 Å². The molecule has 0 unspecified atom stereocenters. The molecule has 6 heteroatoms. The number of furan rings is 1. The van der Waals surface area contributed by atoms with E-state index in [0.29, 0.717) is 11.3 Å². The average molecular weight is 391 g/mol. The van der Waals surface area contributed by atoms with Crippen LogP contribution in [0.25, 0.3) is 0 Å². The number of Topliss-reactive ketones (excluding diaryl/α,β-unsaturated/α-hetero) is 1. The van der Waals surface area contributed by atoms with Crippen molar-refractivity contribution < 1.29 is 23.5 Å². The molecule has 0 aliphatic rings. The van der Waals surface area contributed by atoms with Gasteiger partial charge in [0.05, 0.1) is 11.8 Å². The van der Waals surface area contributed by atoms with Gasteiger partial charge in [-0.25, -0.2) is 4.79 Å². The maximum atomic E-state index is 12.5. The fraction of sp³-hybridized carbons (Fsp3) is 0.174. The number of esters is 1. The van der Waals surface area contributed by atoms with Crippen LogP contribution in [0.2, 0.25) is 0 Å². The van der Waals surface area contributed by atoms with E-state index in [1.807, 2.05) is 19.1 Å². The molecule has 0 aliphatic heterocycles. The summed E-state index contributed by atoms with van der Waals surface area (Å²) in [6, 6.07) is 16.6. The predicted octanol–water partition coefficient (Wildman–Crippen LogP) is 4.52. The molecule has 0 aliphatic carbocycles. The first-order valence-electron chi connectivity index (χ1n) is 9.27. The van der Waals surface area contributed by atoms with Gasteiger partial charge >= 0.3 is 5.97 Å². The Balaban J connectivity index is 1.59. The molecule has 2 aromatic carbocycles. The summed E-state index contributed by atoms with van der Waals surface area (Å²) in [7, 11) is 0. The number of rotatable bonds is 7. The van der Waals surface area contributed by atoms with Crippen LogP contribution in [0.5, 0.6) is 0 Å². The number of ether oxygens (including phenoxy) is 1. The van der Waals surface area contributed by atoms with Crippen molar-refractivity contribution in [3.8, 4) is 0 Å². The van der Waals surface area contributed by atoms with Crippen molar-refractivity contribution in [1.82, 2.24) is 0 Å². The Bertz CT molecular complexity index is 989. The average Bonchev–Trinajstić information content (AvgIpc) is 3.29. The van der Waals surface area contributed by atoms with Crippen LogP contribution < -0.4 is 5.32 Å². The summed E-state index contributed by atoms with van der Waals surface area (Å²) in [6.45, 7) is 3.58. The first kappa shape index (κ1) is 20.1. The summed E-state index contributed by atoms with van der Waals surface area (Å²) in [5, 5.41) is 2.66. The van der Waals surface area contributed by atoms with Gasteiger partial charge in [-0.15, -0.1) is 0 Å². The van der Waals surface area contributed by atoms with Crippen molar-refractivity contribution in [3.05, 3.63) is 89.4 Å². The minimum absolute atomic E-state index is 0.188. The summed E-state index contributed by atoms with van der Waals surface area (Å²) in [5.41, 5.74) is 2.41. The molecule has 6 nitrogen and oxygen atoms in total. The number of amides is 1. The zero-order valence-electron chi connectivity index (χ0n) is 16.2. The molecule has 29 heavy (non-hydrogen) atoms. The summed E-state index contributed by atoms with van der Waals surface area (Å²) in [5.74, 6) is -1.07. The van der Waals surface area contributed by atoms with Crippen molar-refractivity contribution >= 4 is 23.3 Å². The molecule has 0 saturated carbocycles. The smallest absolute Gasteiger partial charge is 0.338 e. The molecule has 3 aromatic rings. The minimum atomic E-state index is -0.909. The highest BCUT2D eigenvalue weighted by molar-refractivity contribution is 6.03. The summed E-state index contributed by atoms with van der Waals surface area (Å²) in [6.07, 6.45) is 1.39. The van der Waals surface area contributed by atoms with E-state index < -0.39 is 18.0 Å². The van der Waals surface area contributed by atoms with Gasteiger partial charge in [0.1, 0.15) is 0 Å². The van der Waals surface area contributed by atoms with Gasteiger partial charge in [-0.2, -0.15) is 0 Å². The van der Waals surface area contributed by atoms with E-state index in [0.717, 1.165) is 12.0 Å². The van der Waals surface area contributed by atoms with Crippen LogP contribution in [-0.4, -0.2) is 23.8 Å². The van der Waals surface area contributed by atoms with E-state index in [1.54, 1.807) is 43.3 Å². The highest BCUT2D eigenvalue weighted by Crippen LogP contribution is 2.15. The van der Waals surface area contributed by atoms with Crippen molar-refractivity contribution in [1.29, 1.82) is 0 Å². The number of ketones is 1. The van der Waals surface area contributed by atoms with Gasteiger partial charge < -0.3 is 14.5 Å². The molecule has 1 amide bonds.